The second kappa shape index (κ2) is 8.27. The number of aromatic amines is 1. The molecule has 2 heterocycles. The maximum atomic E-state index is 12.6. The zero-order valence-corrected chi connectivity index (χ0v) is 16.5. The largest absolute Gasteiger partial charge is 0.494 e. The van der Waals surface area contributed by atoms with E-state index in [2.05, 4.69) is 14.7 Å². The van der Waals surface area contributed by atoms with Gasteiger partial charge in [-0.3, -0.25) is 14.4 Å². The molecule has 1 aliphatic heterocycles. The molecule has 8 heteroatoms. The molecule has 0 spiro atoms. The fraction of sp³-hybridized carbons (Fsp3) is 0.130. The van der Waals surface area contributed by atoms with Gasteiger partial charge in [-0.1, -0.05) is 54.6 Å². The SMILES string of the molecule is CC(=O)OCOC(=O)Cc1ccc(C2=NC(=O)c3c(-c4ccccc4)[nH]c(O)c32)cc1. The van der Waals surface area contributed by atoms with E-state index in [1.807, 2.05) is 30.3 Å². The summed E-state index contributed by atoms with van der Waals surface area (Å²) in [7, 11) is 0. The van der Waals surface area contributed by atoms with Crippen molar-refractivity contribution in [2.75, 3.05) is 6.79 Å². The zero-order chi connectivity index (χ0) is 22.0. The summed E-state index contributed by atoms with van der Waals surface area (Å²) in [5, 5.41) is 10.5. The first-order valence-electron chi connectivity index (χ1n) is 9.46. The number of carbonyl (C=O) groups excluding carboxylic acids is 3. The summed E-state index contributed by atoms with van der Waals surface area (Å²) >= 11 is 0. The molecule has 156 valence electrons. The van der Waals surface area contributed by atoms with Crippen LogP contribution in [0.4, 0.5) is 0 Å². The van der Waals surface area contributed by atoms with Gasteiger partial charge in [0, 0.05) is 12.5 Å². The predicted molar refractivity (Wildman–Crippen MR) is 111 cm³/mol. The highest BCUT2D eigenvalue weighted by atomic mass is 16.7. The molecule has 1 aliphatic rings. The van der Waals surface area contributed by atoms with Crippen molar-refractivity contribution < 1.29 is 29.0 Å². The highest BCUT2D eigenvalue weighted by Crippen LogP contribution is 2.37. The normalized spacial score (nSPS) is 12.3. The molecule has 0 unspecified atom stereocenters. The maximum Gasteiger partial charge on any atom is 0.313 e. The third kappa shape index (κ3) is 4.09. The molecule has 0 aliphatic carbocycles. The van der Waals surface area contributed by atoms with Crippen molar-refractivity contribution in [1.82, 2.24) is 4.98 Å². The topological polar surface area (TPSA) is 118 Å². The van der Waals surface area contributed by atoms with Crippen LogP contribution in [0.25, 0.3) is 11.3 Å². The lowest BCUT2D eigenvalue weighted by Gasteiger charge is -2.06. The van der Waals surface area contributed by atoms with Crippen LogP contribution in [-0.2, 0) is 25.5 Å². The number of aromatic nitrogens is 1. The van der Waals surface area contributed by atoms with Crippen LogP contribution in [0.15, 0.2) is 59.6 Å². The number of nitrogens with zero attached hydrogens (tertiary/aromatic N) is 1. The quantitative estimate of drug-likeness (QED) is 0.469. The molecule has 2 N–H and O–H groups in total. The van der Waals surface area contributed by atoms with E-state index in [1.165, 1.54) is 6.92 Å². The van der Waals surface area contributed by atoms with Gasteiger partial charge in [0.1, 0.15) is 0 Å². The summed E-state index contributed by atoms with van der Waals surface area (Å²) in [6.07, 6.45) is -0.00817. The summed E-state index contributed by atoms with van der Waals surface area (Å²) in [5.74, 6) is -1.64. The first kappa shape index (κ1) is 20.1. The fourth-order valence-corrected chi connectivity index (χ4v) is 3.35. The van der Waals surface area contributed by atoms with Gasteiger partial charge >= 0.3 is 11.9 Å². The Morgan fingerprint density at radius 2 is 1.68 bits per heavy atom. The Balaban J connectivity index is 1.54. The average molecular weight is 418 g/mol. The molecular weight excluding hydrogens is 400 g/mol. The highest BCUT2D eigenvalue weighted by Gasteiger charge is 2.33. The number of rotatable bonds is 6. The molecule has 0 saturated heterocycles. The molecule has 0 bridgehead atoms. The van der Waals surface area contributed by atoms with Crippen LogP contribution in [0, 0.1) is 0 Å². The van der Waals surface area contributed by atoms with Gasteiger partial charge in [-0.15, -0.1) is 0 Å². The molecule has 1 amide bonds. The first-order chi connectivity index (χ1) is 14.9. The lowest BCUT2D eigenvalue weighted by atomic mass is 9.99. The maximum absolute atomic E-state index is 12.6. The van der Waals surface area contributed by atoms with Gasteiger partial charge in [-0.2, -0.15) is 0 Å². The monoisotopic (exact) mass is 418 g/mol. The van der Waals surface area contributed by atoms with E-state index >= 15 is 0 Å². The van der Waals surface area contributed by atoms with Crippen molar-refractivity contribution in [3.63, 3.8) is 0 Å². The molecule has 8 nitrogen and oxygen atoms in total. The van der Waals surface area contributed by atoms with E-state index in [1.54, 1.807) is 24.3 Å². The summed E-state index contributed by atoms with van der Waals surface area (Å²) in [4.78, 5) is 42.1. The number of esters is 2. The van der Waals surface area contributed by atoms with Gasteiger partial charge in [0.15, 0.2) is 5.88 Å². The molecule has 0 saturated carbocycles. The van der Waals surface area contributed by atoms with Gasteiger partial charge in [-0.25, -0.2) is 4.99 Å². The smallest absolute Gasteiger partial charge is 0.313 e. The molecule has 4 rings (SSSR count). The summed E-state index contributed by atoms with van der Waals surface area (Å²) in [6.45, 7) is 0.796. The number of hydrogen-bond acceptors (Lipinski definition) is 6. The zero-order valence-electron chi connectivity index (χ0n) is 16.5. The summed E-state index contributed by atoms with van der Waals surface area (Å²) in [5.41, 5.74) is 3.63. The van der Waals surface area contributed by atoms with Crippen LogP contribution in [0.1, 0.15) is 34.0 Å². The van der Waals surface area contributed by atoms with Crippen molar-refractivity contribution in [3.8, 4) is 17.1 Å². The van der Waals surface area contributed by atoms with Crippen molar-refractivity contribution in [2.45, 2.75) is 13.3 Å². The number of aliphatic imine (C=N–C) groups is 1. The number of H-pyrrole nitrogens is 1. The molecule has 0 radical (unpaired) electrons. The van der Waals surface area contributed by atoms with Gasteiger partial charge < -0.3 is 19.6 Å². The Labute approximate surface area is 177 Å². The third-order valence-corrected chi connectivity index (χ3v) is 4.76. The predicted octanol–water partition coefficient (Wildman–Crippen LogP) is 2.98. The molecular formula is C23H18N2O6. The van der Waals surface area contributed by atoms with E-state index < -0.39 is 24.6 Å². The fourth-order valence-electron chi connectivity index (χ4n) is 3.35. The molecule has 2 aromatic carbocycles. The number of nitrogens with one attached hydrogen (secondary N) is 1. The van der Waals surface area contributed by atoms with E-state index in [0.29, 0.717) is 33.7 Å². The van der Waals surface area contributed by atoms with Crippen LogP contribution >= 0.6 is 0 Å². The van der Waals surface area contributed by atoms with Gasteiger partial charge in [0.05, 0.1) is 29.0 Å². The first-order valence-corrected chi connectivity index (χ1v) is 9.46. The van der Waals surface area contributed by atoms with Crippen LogP contribution in [0.2, 0.25) is 0 Å². The minimum Gasteiger partial charge on any atom is -0.494 e. The third-order valence-electron chi connectivity index (χ3n) is 4.76. The van der Waals surface area contributed by atoms with Gasteiger partial charge in [0.25, 0.3) is 5.91 Å². The van der Waals surface area contributed by atoms with E-state index in [4.69, 9.17) is 4.74 Å². The van der Waals surface area contributed by atoms with Crippen LogP contribution < -0.4 is 0 Å². The number of ether oxygens (including phenoxy) is 2. The molecule has 3 aromatic rings. The number of benzene rings is 2. The van der Waals surface area contributed by atoms with Crippen molar-refractivity contribution in [1.29, 1.82) is 0 Å². The van der Waals surface area contributed by atoms with Crippen molar-refractivity contribution in [2.24, 2.45) is 4.99 Å². The molecule has 1 aromatic heterocycles. The number of amides is 1. The standard InChI is InChI=1S/C23H18N2O6/c1-13(26)30-12-31-17(27)11-14-7-9-16(10-8-14)21-19-18(22(28)25-21)20(24-23(19)29)15-5-3-2-4-6-15/h2-10,24,29H,11-12H2,1H3. The van der Waals surface area contributed by atoms with Crippen LogP contribution in [-0.4, -0.2) is 40.4 Å². The van der Waals surface area contributed by atoms with Gasteiger partial charge in [0.2, 0.25) is 6.79 Å². The number of aromatic hydroxyl groups is 1. The van der Waals surface area contributed by atoms with Crippen molar-refractivity contribution in [3.05, 3.63) is 76.9 Å². The molecule has 0 fully saturated rings. The minimum atomic E-state index is -0.541. The Kier molecular flexibility index (Phi) is 5.36. The lowest BCUT2D eigenvalue weighted by molar-refractivity contribution is -0.165. The number of hydrogen-bond donors (Lipinski definition) is 2. The Morgan fingerprint density at radius 1 is 0.968 bits per heavy atom. The minimum absolute atomic E-state index is 0.00817. The van der Waals surface area contributed by atoms with E-state index in [0.717, 1.165) is 5.56 Å². The molecule has 0 atom stereocenters. The van der Waals surface area contributed by atoms with E-state index in [-0.39, 0.29) is 12.3 Å². The second-order valence-electron chi connectivity index (χ2n) is 6.87. The Hall–Kier alpha value is -4.20. The number of carbonyl (C=O) groups is 3. The number of fused-ring (bicyclic) bond motifs is 1. The summed E-state index contributed by atoms with van der Waals surface area (Å²) < 4.78 is 9.39. The van der Waals surface area contributed by atoms with E-state index in [9.17, 15) is 19.5 Å². The van der Waals surface area contributed by atoms with Crippen molar-refractivity contribution >= 4 is 23.6 Å². The second-order valence-corrected chi connectivity index (χ2v) is 6.87. The average Bonchev–Trinajstić information content (AvgIpc) is 3.27. The molecule has 31 heavy (non-hydrogen) atoms. The Morgan fingerprint density at radius 3 is 2.35 bits per heavy atom. The van der Waals surface area contributed by atoms with Crippen LogP contribution in [0.3, 0.4) is 0 Å². The Bertz CT molecular complexity index is 1190. The van der Waals surface area contributed by atoms with Gasteiger partial charge in [-0.05, 0) is 11.1 Å². The van der Waals surface area contributed by atoms with Crippen LogP contribution in [0.5, 0.6) is 5.88 Å². The summed E-state index contributed by atoms with van der Waals surface area (Å²) in [6, 6.07) is 16.1. The lowest BCUT2D eigenvalue weighted by Crippen LogP contribution is -2.12. The highest BCUT2D eigenvalue weighted by molar-refractivity contribution is 6.30.